The number of halogens is 1. The minimum atomic E-state index is -0.782. The summed E-state index contributed by atoms with van der Waals surface area (Å²) in [4.78, 5) is 25.4. The van der Waals surface area contributed by atoms with Gasteiger partial charge in [-0.15, -0.1) is 6.42 Å². The van der Waals surface area contributed by atoms with Crippen LogP contribution in [0.3, 0.4) is 0 Å². The Bertz CT molecular complexity index is 1210. The second-order valence-corrected chi connectivity index (χ2v) is 8.06. The van der Waals surface area contributed by atoms with E-state index in [1.165, 1.54) is 6.21 Å². The molecule has 1 atom stereocenters. The first-order chi connectivity index (χ1) is 15.9. The van der Waals surface area contributed by atoms with Crippen LogP contribution in [0.2, 0.25) is 5.02 Å². The molecule has 0 aromatic heterocycles. The second kappa shape index (κ2) is 11.2. The highest BCUT2D eigenvalue weighted by atomic mass is 35.5. The lowest BCUT2D eigenvalue weighted by atomic mass is 10.0. The molecule has 168 valence electrons. The molecule has 3 rings (SSSR count). The van der Waals surface area contributed by atoms with E-state index in [1.807, 2.05) is 50.2 Å². The first-order valence-corrected chi connectivity index (χ1v) is 10.8. The lowest BCUT2D eigenvalue weighted by Gasteiger charge is -2.20. The van der Waals surface area contributed by atoms with Crippen molar-refractivity contribution < 1.29 is 14.3 Å². The van der Waals surface area contributed by atoms with Crippen LogP contribution in [0.15, 0.2) is 65.8 Å². The van der Waals surface area contributed by atoms with Gasteiger partial charge >= 0.3 is 0 Å². The molecule has 1 unspecified atom stereocenters. The van der Waals surface area contributed by atoms with Crippen LogP contribution in [0, 0.1) is 18.3 Å². The second-order valence-electron chi connectivity index (χ2n) is 7.63. The van der Waals surface area contributed by atoms with Crippen molar-refractivity contribution in [2.75, 3.05) is 6.61 Å². The SMILES string of the molecule is C#CCOc1ccc2ccccc2c1C=NNC(=O)C(NC(=O)c1ccc(Cl)cc1)C(C)C. The van der Waals surface area contributed by atoms with Crippen LogP contribution in [0.25, 0.3) is 10.8 Å². The standard InChI is InChI=1S/C26H24ClN3O3/c1-4-15-33-23-14-11-18-7-5-6-8-21(18)22(23)16-28-30-26(32)24(17(2)3)29-25(31)19-9-12-20(27)13-10-19/h1,5-14,16-17,24H,15H2,2-3H3,(H,29,31)(H,30,32). The Labute approximate surface area is 198 Å². The molecule has 0 bridgehead atoms. The average molecular weight is 462 g/mol. The summed E-state index contributed by atoms with van der Waals surface area (Å²) in [6.07, 6.45) is 6.84. The Morgan fingerprint density at radius 1 is 1.12 bits per heavy atom. The molecule has 0 aliphatic rings. The van der Waals surface area contributed by atoms with Crippen molar-refractivity contribution in [3.63, 3.8) is 0 Å². The van der Waals surface area contributed by atoms with E-state index >= 15 is 0 Å². The van der Waals surface area contributed by atoms with E-state index in [-0.39, 0.29) is 18.4 Å². The normalized spacial score (nSPS) is 11.8. The predicted molar refractivity (Wildman–Crippen MR) is 132 cm³/mol. The molecule has 3 aromatic rings. The molecule has 2 N–H and O–H groups in total. The number of rotatable bonds is 8. The third kappa shape index (κ3) is 6.12. The summed E-state index contributed by atoms with van der Waals surface area (Å²) in [5, 5.41) is 9.31. The molecule has 0 spiro atoms. The molecular weight excluding hydrogens is 438 g/mol. The highest BCUT2D eigenvalue weighted by Gasteiger charge is 2.24. The summed E-state index contributed by atoms with van der Waals surface area (Å²) < 4.78 is 5.64. The van der Waals surface area contributed by atoms with Gasteiger partial charge in [0.05, 0.1) is 6.21 Å². The average Bonchev–Trinajstić information content (AvgIpc) is 2.81. The fraction of sp³-hybridized carbons (Fsp3) is 0.192. The smallest absolute Gasteiger partial charge is 0.262 e. The number of fused-ring (bicyclic) bond motifs is 1. The van der Waals surface area contributed by atoms with Crippen LogP contribution in [-0.4, -0.2) is 30.7 Å². The van der Waals surface area contributed by atoms with Crippen molar-refractivity contribution in [3.05, 3.63) is 76.8 Å². The predicted octanol–water partition coefficient (Wildman–Crippen LogP) is 4.41. The summed E-state index contributed by atoms with van der Waals surface area (Å²) in [5.74, 6) is 2.03. The number of nitrogens with zero attached hydrogens (tertiary/aromatic N) is 1. The third-order valence-corrected chi connectivity index (χ3v) is 5.20. The number of carbonyl (C=O) groups is 2. The maximum absolute atomic E-state index is 12.8. The fourth-order valence-electron chi connectivity index (χ4n) is 3.24. The zero-order valence-corrected chi connectivity index (χ0v) is 19.1. The lowest BCUT2D eigenvalue weighted by molar-refractivity contribution is -0.123. The van der Waals surface area contributed by atoms with Crippen LogP contribution in [0.1, 0.15) is 29.8 Å². The number of hydrogen-bond donors (Lipinski definition) is 2. The summed E-state index contributed by atoms with van der Waals surface area (Å²) in [5.41, 5.74) is 3.62. The largest absolute Gasteiger partial charge is 0.480 e. The van der Waals surface area contributed by atoms with Gasteiger partial charge in [0, 0.05) is 16.1 Å². The van der Waals surface area contributed by atoms with E-state index in [9.17, 15) is 9.59 Å². The molecule has 7 heteroatoms. The minimum absolute atomic E-state index is 0.109. The monoisotopic (exact) mass is 461 g/mol. The topological polar surface area (TPSA) is 79.8 Å². The molecule has 2 amide bonds. The van der Waals surface area contributed by atoms with Crippen molar-refractivity contribution in [3.8, 4) is 18.1 Å². The maximum atomic E-state index is 12.8. The zero-order valence-electron chi connectivity index (χ0n) is 18.3. The number of nitrogens with one attached hydrogen (secondary N) is 2. The quantitative estimate of drug-likeness (QED) is 0.296. The summed E-state index contributed by atoms with van der Waals surface area (Å²) in [6.45, 7) is 3.79. The van der Waals surface area contributed by atoms with Crippen LogP contribution in [0.4, 0.5) is 0 Å². The van der Waals surface area contributed by atoms with Gasteiger partial charge in [0.25, 0.3) is 11.8 Å². The number of hydrazone groups is 1. The first kappa shape index (κ1) is 23.8. The van der Waals surface area contributed by atoms with Gasteiger partial charge < -0.3 is 10.1 Å². The van der Waals surface area contributed by atoms with Crippen molar-refractivity contribution in [1.82, 2.24) is 10.7 Å². The number of terminal acetylenes is 1. The Balaban J connectivity index is 1.77. The van der Waals surface area contributed by atoms with E-state index < -0.39 is 11.9 Å². The highest BCUT2D eigenvalue weighted by Crippen LogP contribution is 2.26. The van der Waals surface area contributed by atoms with Crippen molar-refractivity contribution in [2.24, 2.45) is 11.0 Å². The molecule has 0 aliphatic heterocycles. The highest BCUT2D eigenvalue weighted by molar-refractivity contribution is 6.30. The van der Waals surface area contributed by atoms with Crippen LogP contribution >= 0.6 is 11.6 Å². The molecule has 0 fully saturated rings. The summed E-state index contributed by atoms with van der Waals surface area (Å²) in [7, 11) is 0. The Kier molecular flexibility index (Phi) is 8.06. The van der Waals surface area contributed by atoms with E-state index in [0.29, 0.717) is 21.9 Å². The number of benzene rings is 3. The maximum Gasteiger partial charge on any atom is 0.262 e. The molecule has 6 nitrogen and oxygen atoms in total. The van der Waals surface area contributed by atoms with Crippen molar-refractivity contribution >= 4 is 40.4 Å². The molecule has 0 saturated heterocycles. The molecule has 3 aromatic carbocycles. The van der Waals surface area contributed by atoms with E-state index in [0.717, 1.165) is 10.8 Å². The van der Waals surface area contributed by atoms with E-state index in [1.54, 1.807) is 24.3 Å². The number of carbonyl (C=O) groups excluding carboxylic acids is 2. The van der Waals surface area contributed by atoms with Crippen LogP contribution < -0.4 is 15.5 Å². The van der Waals surface area contributed by atoms with Gasteiger partial charge in [0.2, 0.25) is 0 Å². The minimum Gasteiger partial charge on any atom is -0.480 e. The van der Waals surface area contributed by atoms with Crippen molar-refractivity contribution in [1.29, 1.82) is 0 Å². The van der Waals surface area contributed by atoms with Gasteiger partial charge in [-0.05, 0) is 47.0 Å². The van der Waals surface area contributed by atoms with Gasteiger partial charge in [0.15, 0.2) is 0 Å². The van der Waals surface area contributed by atoms with Gasteiger partial charge in [-0.2, -0.15) is 5.10 Å². The Hall–Kier alpha value is -3.82. The molecule has 0 heterocycles. The number of hydrogen-bond acceptors (Lipinski definition) is 4. The number of amides is 2. The third-order valence-electron chi connectivity index (χ3n) is 4.95. The molecular formula is C26H24ClN3O3. The first-order valence-electron chi connectivity index (χ1n) is 10.4. The van der Waals surface area contributed by atoms with Crippen molar-refractivity contribution in [2.45, 2.75) is 19.9 Å². The zero-order chi connectivity index (χ0) is 23.8. The lowest BCUT2D eigenvalue weighted by Crippen LogP contribution is -2.48. The van der Waals surface area contributed by atoms with E-state index in [2.05, 4.69) is 21.8 Å². The van der Waals surface area contributed by atoms with Gasteiger partial charge in [-0.3, -0.25) is 9.59 Å². The Morgan fingerprint density at radius 3 is 2.55 bits per heavy atom. The summed E-state index contributed by atoms with van der Waals surface area (Å²) >= 11 is 5.88. The van der Waals surface area contributed by atoms with Gasteiger partial charge in [-0.1, -0.05) is 61.7 Å². The molecule has 0 aliphatic carbocycles. The van der Waals surface area contributed by atoms with E-state index in [4.69, 9.17) is 22.8 Å². The van der Waals surface area contributed by atoms with Gasteiger partial charge in [-0.25, -0.2) is 5.43 Å². The summed E-state index contributed by atoms with van der Waals surface area (Å²) in [6, 6.07) is 17.1. The number of ether oxygens (including phenoxy) is 1. The fourth-order valence-corrected chi connectivity index (χ4v) is 3.37. The Morgan fingerprint density at radius 2 is 1.85 bits per heavy atom. The van der Waals surface area contributed by atoms with Gasteiger partial charge in [0.1, 0.15) is 18.4 Å². The molecule has 0 radical (unpaired) electrons. The van der Waals surface area contributed by atoms with Crippen LogP contribution in [0.5, 0.6) is 5.75 Å². The van der Waals surface area contributed by atoms with Crippen LogP contribution in [-0.2, 0) is 4.79 Å². The molecule has 33 heavy (non-hydrogen) atoms. The molecule has 0 saturated carbocycles.